The molecule has 0 amide bonds. The van der Waals surface area contributed by atoms with Gasteiger partial charge in [0.05, 0.1) is 5.52 Å². The van der Waals surface area contributed by atoms with Crippen LogP contribution in [0.2, 0.25) is 0 Å². The van der Waals surface area contributed by atoms with Gasteiger partial charge in [-0.15, -0.1) is 35.9 Å². The van der Waals surface area contributed by atoms with E-state index in [1.165, 1.54) is 11.5 Å². The third-order valence-corrected chi connectivity index (χ3v) is 5.12. The molecule has 1 aromatic heterocycles. The third-order valence-electron chi connectivity index (χ3n) is 5.12. The standard InChI is InChI=1S/C15H12O2.C14H11N2.Ir/c16-14(12-7-3-1-4-8-12)11-15(17)13-9-5-2-6-10-13;1-16-13-10-6-5-9-12(13)14(15-16)11-7-3-2-4-8-11;/h1-11,16H;2-7,9-10H,1H3;/q;-1;/b14-11-;;. The van der Waals surface area contributed by atoms with Crippen LogP contribution in [0.15, 0.2) is 115 Å². The Balaban J connectivity index is 0.000000185. The van der Waals surface area contributed by atoms with Crippen molar-refractivity contribution in [3.8, 4) is 11.3 Å². The number of carbonyl (C=O) groups excluding carboxylic acids is 1. The molecule has 0 aliphatic heterocycles. The first-order chi connectivity index (χ1) is 16.1. The fourth-order valence-electron chi connectivity index (χ4n) is 3.46. The molecule has 5 heteroatoms. The van der Waals surface area contributed by atoms with Crippen LogP contribution in [-0.2, 0) is 27.2 Å². The molecule has 34 heavy (non-hydrogen) atoms. The van der Waals surface area contributed by atoms with Gasteiger partial charge in [0, 0.05) is 50.0 Å². The van der Waals surface area contributed by atoms with E-state index in [4.69, 9.17) is 0 Å². The molecule has 0 saturated carbocycles. The van der Waals surface area contributed by atoms with E-state index in [9.17, 15) is 9.90 Å². The predicted molar refractivity (Wildman–Crippen MR) is 133 cm³/mol. The number of fused-ring (bicyclic) bond motifs is 1. The maximum Gasteiger partial charge on any atom is 0.189 e. The van der Waals surface area contributed by atoms with Crippen molar-refractivity contribution in [2.75, 3.05) is 0 Å². The first kappa shape index (κ1) is 24.8. The number of allylic oxidation sites excluding steroid dienone is 1. The summed E-state index contributed by atoms with van der Waals surface area (Å²) >= 11 is 0. The van der Waals surface area contributed by atoms with Gasteiger partial charge in [-0.1, -0.05) is 78.9 Å². The van der Waals surface area contributed by atoms with Crippen LogP contribution < -0.4 is 0 Å². The van der Waals surface area contributed by atoms with E-state index in [0.29, 0.717) is 11.1 Å². The Labute approximate surface area is 212 Å². The predicted octanol–water partition coefficient (Wildman–Crippen LogP) is 6.51. The number of carbonyl (C=O) groups is 1. The fourth-order valence-corrected chi connectivity index (χ4v) is 3.46. The van der Waals surface area contributed by atoms with Crippen LogP contribution in [0.1, 0.15) is 15.9 Å². The van der Waals surface area contributed by atoms with Gasteiger partial charge < -0.3 is 5.11 Å². The molecule has 0 aliphatic rings. The van der Waals surface area contributed by atoms with Crippen molar-refractivity contribution < 1.29 is 30.0 Å². The van der Waals surface area contributed by atoms with Gasteiger partial charge in [0.25, 0.3) is 0 Å². The molecule has 1 radical (unpaired) electrons. The van der Waals surface area contributed by atoms with E-state index in [1.807, 2.05) is 72.4 Å². The molecule has 1 heterocycles. The maximum atomic E-state index is 11.8. The number of aryl methyl sites for hydroxylation is 1. The quantitative estimate of drug-likeness (QED) is 0.108. The molecule has 0 spiro atoms. The Morgan fingerprint density at radius 3 is 2.06 bits per heavy atom. The molecular weight excluding hydrogens is 601 g/mol. The summed E-state index contributed by atoms with van der Waals surface area (Å²) in [5, 5.41) is 15.5. The average Bonchev–Trinajstić information content (AvgIpc) is 3.22. The van der Waals surface area contributed by atoms with Crippen LogP contribution in [0.25, 0.3) is 27.9 Å². The Kier molecular flexibility index (Phi) is 8.69. The molecule has 5 rings (SSSR count). The van der Waals surface area contributed by atoms with Crippen molar-refractivity contribution in [3.05, 3.63) is 132 Å². The van der Waals surface area contributed by atoms with Crippen LogP contribution in [0.5, 0.6) is 0 Å². The average molecular weight is 624 g/mol. The van der Waals surface area contributed by atoms with Gasteiger partial charge in [-0.2, -0.15) is 0 Å². The van der Waals surface area contributed by atoms with Gasteiger partial charge in [-0.25, -0.2) is 5.10 Å². The second-order valence-corrected chi connectivity index (χ2v) is 7.39. The number of hydrogen-bond donors (Lipinski definition) is 1. The molecule has 4 nitrogen and oxygen atoms in total. The second-order valence-electron chi connectivity index (χ2n) is 7.39. The Bertz CT molecular complexity index is 1380. The minimum absolute atomic E-state index is 0. The normalized spacial score (nSPS) is 10.7. The number of nitrogens with zero attached hydrogens (tertiary/aromatic N) is 2. The Morgan fingerprint density at radius 2 is 1.41 bits per heavy atom. The summed E-state index contributed by atoms with van der Waals surface area (Å²) < 4.78 is 1.91. The first-order valence-electron chi connectivity index (χ1n) is 10.6. The van der Waals surface area contributed by atoms with Crippen LogP contribution in [0, 0.1) is 6.07 Å². The molecule has 0 saturated heterocycles. The summed E-state index contributed by atoms with van der Waals surface area (Å²) in [6, 6.07) is 37.2. The number of aromatic nitrogens is 2. The van der Waals surface area contributed by atoms with Crippen molar-refractivity contribution in [2.45, 2.75) is 0 Å². The van der Waals surface area contributed by atoms with E-state index in [0.717, 1.165) is 16.8 Å². The van der Waals surface area contributed by atoms with E-state index in [-0.39, 0.29) is 31.6 Å². The van der Waals surface area contributed by atoms with Gasteiger partial charge in [-0.3, -0.25) is 9.48 Å². The SMILES string of the molecule is Cn1nc(-c2[c-]cccc2)c2ccccc21.O=C(/C=C(\O)c1ccccc1)c1ccccc1.[Ir]. The molecule has 1 N–H and O–H groups in total. The summed E-state index contributed by atoms with van der Waals surface area (Å²) in [5.74, 6) is -0.216. The fraction of sp³-hybridized carbons (Fsp3) is 0.0345. The van der Waals surface area contributed by atoms with E-state index in [2.05, 4.69) is 23.3 Å². The van der Waals surface area contributed by atoms with Crippen LogP contribution in [0.4, 0.5) is 0 Å². The van der Waals surface area contributed by atoms with E-state index < -0.39 is 0 Å². The van der Waals surface area contributed by atoms with Crippen LogP contribution >= 0.6 is 0 Å². The molecule has 4 aromatic carbocycles. The molecule has 0 aliphatic carbocycles. The number of para-hydroxylation sites is 1. The summed E-state index contributed by atoms with van der Waals surface area (Å²) in [4.78, 5) is 11.8. The number of aliphatic hydroxyl groups excluding tert-OH is 1. The number of aliphatic hydroxyl groups is 1. The molecule has 171 valence electrons. The van der Waals surface area contributed by atoms with Crippen LogP contribution in [-0.4, -0.2) is 20.7 Å². The van der Waals surface area contributed by atoms with Crippen molar-refractivity contribution >= 4 is 22.4 Å². The van der Waals surface area contributed by atoms with E-state index in [1.54, 1.807) is 36.4 Å². The molecular formula is C29H23IrN2O2-. The number of benzene rings is 4. The zero-order valence-electron chi connectivity index (χ0n) is 18.6. The smallest absolute Gasteiger partial charge is 0.189 e. The number of rotatable bonds is 4. The first-order valence-corrected chi connectivity index (χ1v) is 10.6. The summed E-state index contributed by atoms with van der Waals surface area (Å²) in [7, 11) is 1.97. The van der Waals surface area contributed by atoms with Crippen molar-refractivity contribution in [2.24, 2.45) is 7.05 Å². The molecule has 5 aromatic rings. The van der Waals surface area contributed by atoms with E-state index >= 15 is 0 Å². The summed E-state index contributed by atoms with van der Waals surface area (Å²) in [5.41, 5.74) is 4.39. The minimum Gasteiger partial charge on any atom is -0.507 e. The van der Waals surface area contributed by atoms with Gasteiger partial charge in [0.2, 0.25) is 0 Å². The molecule has 0 fully saturated rings. The van der Waals surface area contributed by atoms with Gasteiger partial charge in [-0.05, 0) is 11.5 Å². The summed E-state index contributed by atoms with van der Waals surface area (Å²) in [6.45, 7) is 0. The zero-order chi connectivity index (χ0) is 23.0. The molecule has 0 unspecified atom stereocenters. The maximum absolute atomic E-state index is 11.8. The second kappa shape index (κ2) is 11.9. The topological polar surface area (TPSA) is 55.1 Å². The van der Waals surface area contributed by atoms with Crippen molar-refractivity contribution in [3.63, 3.8) is 0 Å². The number of ketones is 1. The molecule has 0 atom stereocenters. The summed E-state index contributed by atoms with van der Waals surface area (Å²) in [6.07, 6.45) is 1.24. The van der Waals surface area contributed by atoms with Gasteiger partial charge >= 0.3 is 0 Å². The minimum atomic E-state index is -0.202. The van der Waals surface area contributed by atoms with Gasteiger partial charge in [0.15, 0.2) is 5.78 Å². The van der Waals surface area contributed by atoms with Gasteiger partial charge in [0.1, 0.15) is 5.76 Å². The Morgan fingerprint density at radius 1 is 0.824 bits per heavy atom. The Hall–Kier alpha value is -3.79. The number of hydrogen-bond acceptors (Lipinski definition) is 3. The zero-order valence-corrected chi connectivity index (χ0v) is 20.9. The largest absolute Gasteiger partial charge is 0.507 e. The van der Waals surface area contributed by atoms with Crippen LogP contribution in [0.3, 0.4) is 0 Å². The third kappa shape index (κ3) is 5.96. The van der Waals surface area contributed by atoms with Crippen molar-refractivity contribution in [1.29, 1.82) is 0 Å². The monoisotopic (exact) mass is 624 g/mol. The molecule has 0 bridgehead atoms. The van der Waals surface area contributed by atoms with Crippen molar-refractivity contribution in [1.82, 2.24) is 9.78 Å².